The number of para-hydroxylation sites is 2. The fourth-order valence-electron chi connectivity index (χ4n) is 1.99. The third-order valence-corrected chi connectivity index (χ3v) is 3.53. The quantitative estimate of drug-likeness (QED) is 0.600. The Balaban J connectivity index is 3.25. The molecule has 0 aromatic heterocycles. The molecule has 0 spiro atoms. The second-order valence-corrected chi connectivity index (χ2v) is 5.17. The molecule has 1 aromatic carbocycles. The molecule has 106 valence electrons. The van der Waals surface area contributed by atoms with Crippen molar-refractivity contribution >= 4 is 40.5 Å². The average molecular weight is 305 g/mol. The Bertz CT molecular complexity index is 442. The van der Waals surface area contributed by atoms with Crippen molar-refractivity contribution in [1.82, 2.24) is 0 Å². The maximum absolute atomic E-state index is 11.6. The van der Waals surface area contributed by atoms with E-state index in [0.717, 1.165) is 0 Å². The Morgan fingerprint density at radius 2 is 2.00 bits per heavy atom. The minimum atomic E-state index is -1.13. The molecule has 0 saturated carbocycles. The van der Waals surface area contributed by atoms with Crippen molar-refractivity contribution in [3.8, 4) is 0 Å². The summed E-state index contributed by atoms with van der Waals surface area (Å²) in [5.41, 5.74) is 5.99. The third-order valence-electron chi connectivity index (χ3n) is 3.17. The molecule has 3 N–H and O–H groups in total. The molecule has 6 heteroatoms. The van der Waals surface area contributed by atoms with Crippen molar-refractivity contribution in [3.63, 3.8) is 0 Å². The Kier molecular flexibility index (Phi) is 5.76. The first-order valence-corrected chi connectivity index (χ1v) is 7.01. The molecule has 0 fully saturated rings. The predicted octanol–water partition coefficient (Wildman–Crippen LogP) is 2.79. The van der Waals surface area contributed by atoms with Gasteiger partial charge in [0, 0.05) is 18.3 Å². The lowest BCUT2D eigenvalue weighted by molar-refractivity contribution is -0.142. The Morgan fingerprint density at radius 3 is 2.47 bits per heavy atom. The highest BCUT2D eigenvalue weighted by molar-refractivity contribution is 6.18. The molecule has 4 nitrogen and oxygen atoms in total. The number of carbonyl (C=O) groups is 1. The molecule has 0 bridgehead atoms. The maximum Gasteiger partial charge on any atom is 0.329 e. The largest absolute Gasteiger partial charge is 0.480 e. The second-order valence-electron chi connectivity index (χ2n) is 4.42. The summed E-state index contributed by atoms with van der Waals surface area (Å²) in [6, 6.07) is 7.14. The molecule has 1 rings (SSSR count). The number of alkyl halides is 2. The van der Waals surface area contributed by atoms with Crippen LogP contribution in [0.15, 0.2) is 24.3 Å². The fraction of sp³-hybridized carbons (Fsp3) is 0.462. The average Bonchev–Trinajstić information content (AvgIpc) is 2.37. The Hall–Kier alpha value is -1.13. The van der Waals surface area contributed by atoms with Gasteiger partial charge in [-0.2, -0.15) is 0 Å². The van der Waals surface area contributed by atoms with Crippen molar-refractivity contribution in [1.29, 1.82) is 0 Å². The van der Waals surface area contributed by atoms with Crippen LogP contribution in [0, 0.1) is 0 Å². The van der Waals surface area contributed by atoms with E-state index in [9.17, 15) is 9.90 Å². The SMILES string of the molecule is CC(CCCl)(C(=O)O)N(CCCl)c1ccccc1N. The lowest BCUT2D eigenvalue weighted by Crippen LogP contribution is -2.54. The van der Waals surface area contributed by atoms with Crippen LogP contribution in [0.5, 0.6) is 0 Å². The number of nitrogens with zero attached hydrogens (tertiary/aromatic N) is 1. The summed E-state index contributed by atoms with van der Waals surface area (Å²) in [5, 5.41) is 9.53. The maximum atomic E-state index is 11.6. The summed E-state index contributed by atoms with van der Waals surface area (Å²) in [5.74, 6) is -0.394. The highest BCUT2D eigenvalue weighted by atomic mass is 35.5. The van der Waals surface area contributed by atoms with Gasteiger partial charge in [-0.15, -0.1) is 23.2 Å². The van der Waals surface area contributed by atoms with E-state index in [1.54, 1.807) is 30.0 Å². The van der Waals surface area contributed by atoms with Crippen molar-refractivity contribution < 1.29 is 9.90 Å². The lowest BCUT2D eigenvalue weighted by atomic mass is 9.95. The number of halogens is 2. The molecular weight excluding hydrogens is 287 g/mol. The highest BCUT2D eigenvalue weighted by Gasteiger charge is 2.39. The first-order valence-electron chi connectivity index (χ1n) is 5.95. The standard InChI is InChI=1S/C13H18Cl2N2O2/c1-13(6-7-14,12(18)19)17(9-8-15)11-5-3-2-4-10(11)16/h2-5H,6-9,16H2,1H3,(H,18,19). The van der Waals surface area contributed by atoms with Crippen LogP contribution >= 0.6 is 23.2 Å². The fourth-order valence-corrected chi connectivity index (χ4v) is 2.53. The van der Waals surface area contributed by atoms with Gasteiger partial charge in [0.1, 0.15) is 5.54 Å². The lowest BCUT2D eigenvalue weighted by Gasteiger charge is -2.39. The number of nitrogens with two attached hydrogens (primary N) is 1. The molecular formula is C13H18Cl2N2O2. The number of rotatable bonds is 7. The Morgan fingerprint density at radius 1 is 1.37 bits per heavy atom. The van der Waals surface area contributed by atoms with Crippen LogP contribution in [-0.4, -0.2) is 34.9 Å². The van der Waals surface area contributed by atoms with E-state index < -0.39 is 11.5 Å². The summed E-state index contributed by atoms with van der Waals surface area (Å²) < 4.78 is 0. The summed E-state index contributed by atoms with van der Waals surface area (Å²) in [6.07, 6.45) is 0.301. The number of nitrogen functional groups attached to an aromatic ring is 1. The molecule has 1 atom stereocenters. The minimum Gasteiger partial charge on any atom is -0.480 e. The van der Waals surface area contributed by atoms with Crippen molar-refractivity contribution in [2.24, 2.45) is 0 Å². The highest BCUT2D eigenvalue weighted by Crippen LogP contribution is 2.31. The van der Waals surface area contributed by atoms with E-state index in [1.807, 2.05) is 6.07 Å². The van der Waals surface area contributed by atoms with Gasteiger partial charge in [0.25, 0.3) is 0 Å². The molecule has 1 aromatic rings. The number of carboxylic acids is 1. The van der Waals surface area contributed by atoms with E-state index in [4.69, 9.17) is 28.9 Å². The topological polar surface area (TPSA) is 66.6 Å². The van der Waals surface area contributed by atoms with Crippen molar-refractivity contribution in [2.45, 2.75) is 18.9 Å². The van der Waals surface area contributed by atoms with Gasteiger partial charge in [-0.05, 0) is 25.5 Å². The molecule has 0 aliphatic carbocycles. The minimum absolute atomic E-state index is 0.244. The van der Waals surface area contributed by atoms with E-state index in [0.29, 0.717) is 30.2 Å². The van der Waals surface area contributed by atoms with Gasteiger partial charge in [-0.3, -0.25) is 0 Å². The summed E-state index contributed by atoms with van der Waals surface area (Å²) >= 11 is 11.5. The summed E-state index contributed by atoms with van der Waals surface area (Å²) in [7, 11) is 0. The van der Waals surface area contributed by atoms with E-state index >= 15 is 0 Å². The van der Waals surface area contributed by atoms with E-state index in [1.165, 1.54) is 0 Å². The Labute approximate surface area is 123 Å². The molecule has 0 saturated heterocycles. The van der Waals surface area contributed by atoms with Crippen LogP contribution < -0.4 is 10.6 Å². The number of aliphatic carboxylic acids is 1. The first-order chi connectivity index (χ1) is 8.97. The van der Waals surface area contributed by atoms with Gasteiger partial charge >= 0.3 is 5.97 Å². The molecule has 0 heterocycles. The molecule has 0 aliphatic heterocycles. The van der Waals surface area contributed by atoms with Crippen LogP contribution in [0.2, 0.25) is 0 Å². The zero-order valence-electron chi connectivity index (χ0n) is 10.8. The van der Waals surface area contributed by atoms with Crippen molar-refractivity contribution in [2.75, 3.05) is 28.9 Å². The van der Waals surface area contributed by atoms with Crippen LogP contribution in [-0.2, 0) is 4.79 Å². The first kappa shape index (κ1) is 15.9. The van der Waals surface area contributed by atoms with Gasteiger partial charge in [-0.1, -0.05) is 12.1 Å². The number of benzene rings is 1. The molecule has 0 aliphatic rings. The number of hydrogen-bond donors (Lipinski definition) is 2. The van der Waals surface area contributed by atoms with Crippen LogP contribution in [0.1, 0.15) is 13.3 Å². The zero-order chi connectivity index (χ0) is 14.5. The third kappa shape index (κ3) is 3.45. The van der Waals surface area contributed by atoms with Gasteiger partial charge in [0.05, 0.1) is 11.4 Å². The van der Waals surface area contributed by atoms with E-state index in [2.05, 4.69) is 0 Å². The van der Waals surface area contributed by atoms with Gasteiger partial charge in [-0.25, -0.2) is 4.79 Å². The second kappa shape index (κ2) is 6.87. The predicted molar refractivity (Wildman–Crippen MR) is 80.3 cm³/mol. The van der Waals surface area contributed by atoms with Gasteiger partial charge < -0.3 is 15.7 Å². The van der Waals surface area contributed by atoms with Gasteiger partial charge in [0.15, 0.2) is 0 Å². The molecule has 19 heavy (non-hydrogen) atoms. The van der Waals surface area contributed by atoms with Crippen molar-refractivity contribution in [3.05, 3.63) is 24.3 Å². The monoisotopic (exact) mass is 304 g/mol. The van der Waals surface area contributed by atoms with Crippen LogP contribution in [0.25, 0.3) is 0 Å². The summed E-state index contributed by atoms with van der Waals surface area (Å²) in [6.45, 7) is 2.02. The zero-order valence-corrected chi connectivity index (χ0v) is 12.3. The number of carboxylic acid groups (broad SMARTS) is 1. The van der Waals surface area contributed by atoms with Crippen LogP contribution in [0.4, 0.5) is 11.4 Å². The summed E-state index contributed by atoms with van der Waals surface area (Å²) in [4.78, 5) is 13.3. The number of hydrogen-bond acceptors (Lipinski definition) is 3. The smallest absolute Gasteiger partial charge is 0.329 e. The normalized spacial score (nSPS) is 13.8. The number of anilines is 2. The molecule has 1 unspecified atom stereocenters. The van der Waals surface area contributed by atoms with Crippen LogP contribution in [0.3, 0.4) is 0 Å². The van der Waals surface area contributed by atoms with E-state index in [-0.39, 0.29) is 5.88 Å². The van der Waals surface area contributed by atoms with Gasteiger partial charge in [0.2, 0.25) is 0 Å². The molecule has 0 radical (unpaired) electrons. The molecule has 0 amide bonds.